The van der Waals surface area contributed by atoms with Crippen LogP contribution < -0.4 is 11.1 Å². The van der Waals surface area contributed by atoms with E-state index in [0.29, 0.717) is 26.1 Å². The summed E-state index contributed by atoms with van der Waals surface area (Å²) in [5, 5.41) is 3.07. The maximum absolute atomic E-state index is 12.6. The Bertz CT molecular complexity index is 380. The van der Waals surface area contributed by atoms with Gasteiger partial charge in [-0.15, -0.1) is 0 Å². The van der Waals surface area contributed by atoms with E-state index >= 15 is 0 Å². The topological polar surface area (TPSA) is 76.8 Å². The van der Waals surface area contributed by atoms with E-state index < -0.39 is 5.41 Å². The molecule has 1 amide bonds. The van der Waals surface area contributed by atoms with E-state index in [9.17, 15) is 4.79 Å². The van der Waals surface area contributed by atoms with Gasteiger partial charge in [0.1, 0.15) is 5.41 Å². The predicted molar refractivity (Wildman–Crippen MR) is 84.1 cm³/mol. The number of amides is 1. The monoisotopic (exact) mass is 315 g/mol. The summed E-state index contributed by atoms with van der Waals surface area (Å²) in [6.45, 7) is 7.23. The number of nitrogens with zero attached hydrogens (tertiary/aromatic N) is 1. The molecule has 2 aliphatic heterocycles. The Morgan fingerprint density at radius 3 is 2.43 bits per heavy atom. The number of nitrogens with one attached hydrogen (secondary N) is 1. The predicted octanol–water partition coefficient (Wildman–Crippen LogP) is -0.0938. The first-order chi connectivity index (χ1) is 10.0. The van der Waals surface area contributed by atoms with Gasteiger partial charge >= 0.3 is 0 Å². The highest BCUT2D eigenvalue weighted by Gasteiger charge is 2.43. The van der Waals surface area contributed by atoms with Crippen LogP contribution in [0.4, 0.5) is 0 Å². The van der Waals surface area contributed by atoms with Gasteiger partial charge in [0.25, 0.3) is 0 Å². The highest BCUT2D eigenvalue weighted by atomic mass is 32.1. The zero-order valence-corrected chi connectivity index (χ0v) is 13.4. The summed E-state index contributed by atoms with van der Waals surface area (Å²) in [6.07, 6.45) is 1.14. The molecule has 0 aromatic heterocycles. The number of hydrogen-bond acceptors (Lipinski definition) is 5. The largest absolute Gasteiger partial charge is 0.392 e. The third kappa shape index (κ3) is 4.12. The Hall–Kier alpha value is -0.760. The fourth-order valence-corrected chi connectivity index (χ4v) is 3.18. The van der Waals surface area contributed by atoms with Crippen LogP contribution in [0.5, 0.6) is 0 Å². The van der Waals surface area contributed by atoms with Crippen LogP contribution in [0, 0.1) is 5.41 Å². The van der Waals surface area contributed by atoms with Crippen molar-refractivity contribution in [1.29, 1.82) is 0 Å². The first-order valence-corrected chi connectivity index (χ1v) is 7.94. The van der Waals surface area contributed by atoms with Crippen molar-refractivity contribution < 1.29 is 14.3 Å². The second kappa shape index (κ2) is 7.49. The second-order valence-corrected chi connectivity index (χ2v) is 6.29. The Labute approximate surface area is 131 Å². The van der Waals surface area contributed by atoms with Gasteiger partial charge < -0.3 is 20.5 Å². The average molecular weight is 315 g/mol. The van der Waals surface area contributed by atoms with Crippen LogP contribution in [0.15, 0.2) is 0 Å². The number of morpholine rings is 1. The van der Waals surface area contributed by atoms with Gasteiger partial charge in [-0.3, -0.25) is 9.69 Å². The minimum absolute atomic E-state index is 0.0564. The molecule has 0 radical (unpaired) electrons. The third-order valence-corrected chi connectivity index (χ3v) is 4.66. The summed E-state index contributed by atoms with van der Waals surface area (Å²) in [7, 11) is 0. The summed E-state index contributed by atoms with van der Waals surface area (Å²) in [4.78, 5) is 15.2. The van der Waals surface area contributed by atoms with Gasteiger partial charge in [0.05, 0.1) is 18.2 Å². The summed E-state index contributed by atoms with van der Waals surface area (Å²) >= 11 is 5.15. The number of carbonyl (C=O) groups is 1. The molecule has 0 aromatic rings. The van der Waals surface area contributed by atoms with Crippen molar-refractivity contribution >= 4 is 23.1 Å². The molecule has 21 heavy (non-hydrogen) atoms. The highest BCUT2D eigenvalue weighted by molar-refractivity contribution is 7.80. The van der Waals surface area contributed by atoms with Crippen LogP contribution in [0.3, 0.4) is 0 Å². The molecule has 2 heterocycles. The molecule has 2 aliphatic rings. The van der Waals surface area contributed by atoms with Gasteiger partial charge in [-0.2, -0.15) is 0 Å². The maximum atomic E-state index is 12.6. The van der Waals surface area contributed by atoms with Crippen LogP contribution >= 0.6 is 12.2 Å². The van der Waals surface area contributed by atoms with E-state index in [1.807, 2.05) is 6.92 Å². The lowest BCUT2D eigenvalue weighted by Gasteiger charge is -2.36. The molecule has 120 valence electrons. The van der Waals surface area contributed by atoms with E-state index in [-0.39, 0.29) is 16.9 Å². The zero-order chi connectivity index (χ0) is 15.3. The van der Waals surface area contributed by atoms with E-state index in [1.54, 1.807) is 0 Å². The number of ether oxygens (including phenoxy) is 2. The Morgan fingerprint density at radius 1 is 1.29 bits per heavy atom. The van der Waals surface area contributed by atoms with Crippen LogP contribution in [-0.4, -0.2) is 67.9 Å². The number of nitrogens with two attached hydrogens (primary N) is 1. The van der Waals surface area contributed by atoms with Crippen LogP contribution in [0.25, 0.3) is 0 Å². The molecule has 2 fully saturated rings. The van der Waals surface area contributed by atoms with Crippen molar-refractivity contribution in [1.82, 2.24) is 10.2 Å². The van der Waals surface area contributed by atoms with E-state index in [2.05, 4.69) is 10.2 Å². The molecule has 0 aliphatic carbocycles. The lowest BCUT2D eigenvalue weighted by Crippen LogP contribution is -2.55. The van der Waals surface area contributed by atoms with E-state index in [1.165, 1.54) is 0 Å². The van der Waals surface area contributed by atoms with Gasteiger partial charge in [-0.25, -0.2) is 0 Å². The quantitative estimate of drug-likeness (QED) is 0.690. The van der Waals surface area contributed by atoms with Crippen LogP contribution in [-0.2, 0) is 14.3 Å². The highest BCUT2D eigenvalue weighted by Crippen LogP contribution is 2.31. The number of hydrogen-bond donors (Lipinski definition) is 2. The van der Waals surface area contributed by atoms with E-state index in [4.69, 9.17) is 27.4 Å². The minimum atomic E-state index is -0.743. The Morgan fingerprint density at radius 2 is 1.86 bits per heavy atom. The molecule has 0 saturated carbocycles. The van der Waals surface area contributed by atoms with Crippen molar-refractivity contribution in [3.8, 4) is 0 Å². The summed E-state index contributed by atoms with van der Waals surface area (Å²) in [6, 6.07) is 0.0599. The van der Waals surface area contributed by atoms with Crippen molar-refractivity contribution in [2.45, 2.75) is 25.8 Å². The molecule has 0 aromatic carbocycles. The van der Waals surface area contributed by atoms with Crippen molar-refractivity contribution in [2.75, 3.05) is 46.1 Å². The molecule has 7 heteroatoms. The summed E-state index contributed by atoms with van der Waals surface area (Å²) in [5.41, 5.74) is 5.11. The van der Waals surface area contributed by atoms with Gasteiger partial charge in [0.15, 0.2) is 0 Å². The van der Waals surface area contributed by atoms with Crippen LogP contribution in [0.2, 0.25) is 0 Å². The summed E-state index contributed by atoms with van der Waals surface area (Å²) < 4.78 is 10.7. The van der Waals surface area contributed by atoms with Crippen molar-refractivity contribution in [3.63, 3.8) is 0 Å². The lowest BCUT2D eigenvalue weighted by atomic mass is 9.79. The molecule has 1 atom stereocenters. The molecule has 2 saturated heterocycles. The minimum Gasteiger partial charge on any atom is -0.392 e. The molecule has 0 bridgehead atoms. The van der Waals surface area contributed by atoms with Gasteiger partial charge in [-0.05, 0) is 19.8 Å². The number of thiocarbonyl (C=S) groups is 1. The summed E-state index contributed by atoms with van der Waals surface area (Å²) in [5.74, 6) is -0.0564. The molecular weight excluding hydrogens is 290 g/mol. The smallest absolute Gasteiger partial charge is 0.233 e. The Kier molecular flexibility index (Phi) is 5.92. The van der Waals surface area contributed by atoms with Gasteiger partial charge in [0.2, 0.25) is 5.91 Å². The molecular formula is C14H25N3O3S. The fourth-order valence-electron chi connectivity index (χ4n) is 2.88. The van der Waals surface area contributed by atoms with Crippen molar-refractivity contribution in [3.05, 3.63) is 0 Å². The normalized spacial score (nSPS) is 24.2. The molecule has 3 N–H and O–H groups in total. The SMILES string of the molecule is CC(CN1CCOCC1)NC(=O)C1(C(N)=S)CCOCC1. The van der Waals surface area contributed by atoms with Gasteiger partial charge in [-0.1, -0.05) is 12.2 Å². The maximum Gasteiger partial charge on any atom is 0.233 e. The van der Waals surface area contributed by atoms with Gasteiger partial charge in [0, 0.05) is 38.9 Å². The second-order valence-electron chi connectivity index (χ2n) is 5.85. The molecule has 0 spiro atoms. The van der Waals surface area contributed by atoms with E-state index in [0.717, 1.165) is 32.8 Å². The number of carbonyl (C=O) groups excluding carboxylic acids is 1. The number of rotatable bonds is 5. The average Bonchev–Trinajstić information content (AvgIpc) is 2.48. The fraction of sp³-hybridized carbons (Fsp3) is 0.857. The third-order valence-electron chi connectivity index (χ3n) is 4.27. The molecule has 2 rings (SSSR count). The first kappa shape index (κ1) is 16.6. The zero-order valence-electron chi connectivity index (χ0n) is 12.6. The van der Waals surface area contributed by atoms with Crippen LogP contribution in [0.1, 0.15) is 19.8 Å². The van der Waals surface area contributed by atoms with Crippen molar-refractivity contribution in [2.24, 2.45) is 11.1 Å². The first-order valence-electron chi connectivity index (χ1n) is 7.53. The molecule has 1 unspecified atom stereocenters. The molecule has 6 nitrogen and oxygen atoms in total. The standard InChI is InChI=1S/C14H25N3O3S/c1-11(10-17-4-8-20-9-5-17)16-13(18)14(12(15)21)2-6-19-7-3-14/h11H,2-10H2,1H3,(H2,15,21)(H,16,18). The lowest BCUT2D eigenvalue weighted by molar-refractivity contribution is -0.132. The Balaban J connectivity index is 1.90.